The first kappa shape index (κ1) is 24.2. The second-order valence-electron chi connectivity index (χ2n) is 8.67. The van der Waals surface area contributed by atoms with E-state index in [-0.39, 0.29) is 42.2 Å². The number of halogens is 1. The first-order valence-corrected chi connectivity index (χ1v) is 11.1. The summed E-state index contributed by atoms with van der Waals surface area (Å²) in [6.45, 7) is 9.14. The Hall–Kier alpha value is -3.48. The topological polar surface area (TPSA) is 75.4 Å². The lowest BCUT2D eigenvalue weighted by Gasteiger charge is -2.23. The van der Waals surface area contributed by atoms with Crippen molar-refractivity contribution in [3.8, 4) is 11.3 Å². The summed E-state index contributed by atoms with van der Waals surface area (Å²) in [5.74, 6) is -0.0162. The van der Waals surface area contributed by atoms with Gasteiger partial charge < -0.3 is 14.7 Å². The van der Waals surface area contributed by atoms with Crippen molar-refractivity contribution in [2.45, 2.75) is 40.7 Å². The summed E-state index contributed by atoms with van der Waals surface area (Å²) < 4.78 is 18.4. The zero-order chi connectivity index (χ0) is 24.0. The van der Waals surface area contributed by atoms with Crippen molar-refractivity contribution in [3.63, 3.8) is 0 Å². The van der Waals surface area contributed by atoms with Crippen molar-refractivity contribution in [3.05, 3.63) is 76.7 Å². The van der Waals surface area contributed by atoms with E-state index in [0.717, 1.165) is 16.7 Å². The average molecular weight is 452 g/mol. The minimum absolute atomic E-state index is 0.154. The molecule has 1 N–H and O–H groups in total. The van der Waals surface area contributed by atoms with Crippen LogP contribution in [-0.2, 0) is 11.3 Å². The molecule has 2 aromatic carbocycles. The number of aryl methyl sites for hydroxylation is 2. The fourth-order valence-corrected chi connectivity index (χ4v) is 3.41. The molecule has 2 amide bonds. The molecular formula is C26H30FN3O3. The Morgan fingerprint density at radius 3 is 2.45 bits per heavy atom. The molecule has 0 atom stereocenters. The summed E-state index contributed by atoms with van der Waals surface area (Å²) in [6, 6.07) is 13.6. The van der Waals surface area contributed by atoms with Crippen LogP contribution in [0.3, 0.4) is 0 Å². The molecule has 33 heavy (non-hydrogen) atoms. The van der Waals surface area contributed by atoms with E-state index in [4.69, 9.17) is 4.52 Å². The van der Waals surface area contributed by atoms with Crippen LogP contribution in [0.25, 0.3) is 11.3 Å². The number of carbonyl (C=O) groups is 2. The number of hydrogen-bond acceptors (Lipinski definition) is 4. The summed E-state index contributed by atoms with van der Waals surface area (Å²) in [5, 5.41) is 6.79. The molecule has 0 radical (unpaired) electrons. The van der Waals surface area contributed by atoms with Crippen LogP contribution in [0.2, 0.25) is 0 Å². The Bertz CT molecular complexity index is 1110. The largest absolute Gasteiger partial charge is 0.355 e. The van der Waals surface area contributed by atoms with Crippen LogP contribution in [0.5, 0.6) is 0 Å². The van der Waals surface area contributed by atoms with Crippen LogP contribution in [0.4, 0.5) is 4.39 Å². The van der Waals surface area contributed by atoms with Gasteiger partial charge in [-0.25, -0.2) is 4.39 Å². The van der Waals surface area contributed by atoms with E-state index in [1.54, 1.807) is 23.1 Å². The molecule has 3 aromatic rings. The fourth-order valence-electron chi connectivity index (χ4n) is 3.41. The summed E-state index contributed by atoms with van der Waals surface area (Å²) in [5.41, 5.74) is 4.19. The molecule has 7 heteroatoms. The van der Waals surface area contributed by atoms with Crippen molar-refractivity contribution in [1.29, 1.82) is 0 Å². The van der Waals surface area contributed by atoms with Crippen molar-refractivity contribution >= 4 is 11.8 Å². The van der Waals surface area contributed by atoms with Crippen LogP contribution in [-0.4, -0.2) is 35.0 Å². The molecule has 0 saturated heterocycles. The molecule has 0 aliphatic carbocycles. The average Bonchev–Trinajstić information content (AvgIpc) is 3.27. The Morgan fingerprint density at radius 1 is 1.06 bits per heavy atom. The van der Waals surface area contributed by atoms with Crippen LogP contribution in [0.1, 0.15) is 47.4 Å². The molecule has 6 nitrogen and oxygen atoms in total. The van der Waals surface area contributed by atoms with Crippen molar-refractivity contribution in [1.82, 2.24) is 15.4 Å². The van der Waals surface area contributed by atoms with E-state index in [0.29, 0.717) is 18.8 Å². The standard InChI is InChI=1S/C26H30FN3O3/c1-17(2)16-30(12-11-25(31)28-15-20-6-9-22(27)10-7-20)26(32)23-14-24(33-29-23)21-8-5-18(3)19(4)13-21/h5-10,13-14,17H,11-12,15-16H2,1-4H3,(H,28,31). The quantitative estimate of drug-likeness (QED) is 0.502. The highest BCUT2D eigenvalue weighted by Crippen LogP contribution is 2.23. The zero-order valence-electron chi connectivity index (χ0n) is 19.5. The first-order valence-electron chi connectivity index (χ1n) is 11.1. The molecule has 0 aliphatic rings. The van der Waals surface area contributed by atoms with Gasteiger partial charge >= 0.3 is 0 Å². The van der Waals surface area contributed by atoms with Gasteiger partial charge in [0.2, 0.25) is 5.91 Å². The van der Waals surface area contributed by atoms with Gasteiger partial charge in [-0.2, -0.15) is 0 Å². The lowest BCUT2D eigenvalue weighted by Crippen LogP contribution is -2.37. The molecule has 0 fully saturated rings. The molecule has 3 rings (SSSR count). The molecule has 174 valence electrons. The maximum absolute atomic E-state index is 13.1. The monoisotopic (exact) mass is 451 g/mol. The van der Waals surface area contributed by atoms with E-state index in [1.807, 2.05) is 45.9 Å². The first-order chi connectivity index (χ1) is 15.7. The van der Waals surface area contributed by atoms with E-state index in [9.17, 15) is 14.0 Å². The molecule has 0 saturated carbocycles. The van der Waals surface area contributed by atoms with Crippen molar-refractivity contribution < 1.29 is 18.5 Å². The van der Waals surface area contributed by atoms with E-state index in [1.165, 1.54) is 17.7 Å². The van der Waals surface area contributed by atoms with Gasteiger partial charge in [-0.15, -0.1) is 0 Å². The molecule has 0 bridgehead atoms. The second kappa shape index (κ2) is 10.9. The maximum atomic E-state index is 13.1. The molecule has 0 spiro atoms. The summed E-state index contributed by atoms with van der Waals surface area (Å²) in [6.07, 6.45) is 0.154. The molecular weight excluding hydrogens is 421 g/mol. The Kier molecular flexibility index (Phi) is 7.98. The van der Waals surface area contributed by atoms with Crippen LogP contribution in [0.15, 0.2) is 53.1 Å². The van der Waals surface area contributed by atoms with Gasteiger partial charge in [-0.05, 0) is 54.7 Å². The number of rotatable bonds is 9. The number of benzene rings is 2. The minimum atomic E-state index is -0.318. The van der Waals surface area contributed by atoms with Gasteiger partial charge in [0.05, 0.1) is 0 Å². The maximum Gasteiger partial charge on any atom is 0.276 e. The number of hydrogen-bond donors (Lipinski definition) is 1. The van der Waals surface area contributed by atoms with Gasteiger partial charge in [0.25, 0.3) is 5.91 Å². The lowest BCUT2D eigenvalue weighted by atomic mass is 10.0. The number of aromatic nitrogens is 1. The highest BCUT2D eigenvalue weighted by atomic mass is 19.1. The predicted molar refractivity (Wildman–Crippen MR) is 125 cm³/mol. The molecule has 0 unspecified atom stereocenters. The van der Waals surface area contributed by atoms with Crippen molar-refractivity contribution in [2.75, 3.05) is 13.1 Å². The van der Waals surface area contributed by atoms with Gasteiger partial charge in [-0.3, -0.25) is 9.59 Å². The van der Waals surface area contributed by atoms with E-state index in [2.05, 4.69) is 10.5 Å². The normalized spacial score (nSPS) is 11.0. The summed E-state index contributed by atoms with van der Waals surface area (Å²) in [4.78, 5) is 27.1. The summed E-state index contributed by atoms with van der Waals surface area (Å²) >= 11 is 0. The van der Waals surface area contributed by atoms with Crippen molar-refractivity contribution in [2.24, 2.45) is 5.92 Å². The zero-order valence-corrected chi connectivity index (χ0v) is 19.5. The van der Waals surface area contributed by atoms with Crippen LogP contribution in [0, 0.1) is 25.6 Å². The second-order valence-corrected chi connectivity index (χ2v) is 8.67. The highest BCUT2D eigenvalue weighted by molar-refractivity contribution is 5.93. The third-order valence-corrected chi connectivity index (χ3v) is 5.41. The Morgan fingerprint density at radius 2 is 1.79 bits per heavy atom. The fraction of sp³-hybridized carbons (Fsp3) is 0.346. The van der Waals surface area contributed by atoms with Gasteiger partial charge in [0, 0.05) is 37.7 Å². The van der Waals surface area contributed by atoms with Gasteiger partial charge in [-0.1, -0.05) is 43.3 Å². The molecule has 1 heterocycles. The number of nitrogens with one attached hydrogen (secondary N) is 1. The Labute approximate surface area is 193 Å². The third kappa shape index (κ3) is 6.75. The van der Waals surface area contributed by atoms with Gasteiger partial charge in [0.15, 0.2) is 11.5 Å². The lowest BCUT2D eigenvalue weighted by molar-refractivity contribution is -0.121. The summed E-state index contributed by atoms with van der Waals surface area (Å²) in [7, 11) is 0. The predicted octanol–water partition coefficient (Wildman–Crippen LogP) is 4.90. The number of carbonyl (C=O) groups excluding carboxylic acids is 2. The highest BCUT2D eigenvalue weighted by Gasteiger charge is 2.22. The number of nitrogens with zero attached hydrogens (tertiary/aromatic N) is 2. The van der Waals surface area contributed by atoms with E-state index >= 15 is 0 Å². The Balaban J connectivity index is 1.62. The SMILES string of the molecule is Cc1ccc(-c2cc(C(=O)N(CCC(=O)NCc3ccc(F)cc3)CC(C)C)no2)cc1C. The smallest absolute Gasteiger partial charge is 0.276 e. The molecule has 0 aliphatic heterocycles. The third-order valence-electron chi connectivity index (χ3n) is 5.41. The minimum Gasteiger partial charge on any atom is -0.355 e. The van der Waals surface area contributed by atoms with Crippen LogP contribution >= 0.6 is 0 Å². The van der Waals surface area contributed by atoms with Gasteiger partial charge in [0.1, 0.15) is 5.82 Å². The van der Waals surface area contributed by atoms with E-state index < -0.39 is 0 Å². The number of amides is 2. The van der Waals surface area contributed by atoms with Crippen LogP contribution < -0.4 is 5.32 Å². The molecule has 1 aromatic heterocycles.